The van der Waals surface area contributed by atoms with Gasteiger partial charge >= 0.3 is 0 Å². The van der Waals surface area contributed by atoms with Gasteiger partial charge in [0.2, 0.25) is 0 Å². The van der Waals surface area contributed by atoms with Crippen LogP contribution in [0.5, 0.6) is 0 Å². The van der Waals surface area contributed by atoms with E-state index in [1.165, 1.54) is 0 Å². The highest BCUT2D eigenvalue weighted by Gasteiger charge is 1.93. The molecule has 0 saturated heterocycles. The lowest BCUT2D eigenvalue weighted by molar-refractivity contribution is 1.30. The highest BCUT2D eigenvalue weighted by molar-refractivity contribution is 5.68. The minimum Gasteiger partial charge on any atom is -0.264 e. The first-order chi connectivity index (χ1) is 5.88. The van der Waals surface area contributed by atoms with Crippen LogP contribution in [-0.4, -0.2) is 11.2 Å². The van der Waals surface area contributed by atoms with Crippen LogP contribution in [0, 0.1) is 0 Å². The van der Waals surface area contributed by atoms with E-state index < -0.39 is 0 Å². The van der Waals surface area contributed by atoms with Crippen molar-refractivity contribution in [3.8, 4) is 0 Å². The van der Waals surface area contributed by atoms with Crippen molar-refractivity contribution < 1.29 is 0 Å². The summed E-state index contributed by atoms with van der Waals surface area (Å²) in [6, 6.07) is 1.90. The summed E-state index contributed by atoms with van der Waals surface area (Å²) in [7, 11) is 0. The Balaban J connectivity index is 3.08. The summed E-state index contributed by atoms with van der Waals surface area (Å²) in [5, 5.41) is 0. The maximum atomic E-state index is 4.21. The first kappa shape index (κ1) is 8.65. The van der Waals surface area contributed by atoms with E-state index in [1.807, 2.05) is 38.3 Å². The van der Waals surface area contributed by atoms with E-state index in [0.717, 1.165) is 11.3 Å². The summed E-state index contributed by atoms with van der Waals surface area (Å²) in [4.78, 5) is 8.23. The fourth-order valence-corrected chi connectivity index (χ4v) is 0.964. The molecule has 0 saturated carbocycles. The van der Waals surface area contributed by atoms with E-state index in [-0.39, 0.29) is 0 Å². The monoisotopic (exact) mass is 160 g/mol. The summed E-state index contributed by atoms with van der Waals surface area (Å²) in [5.74, 6) is 0. The first-order valence-electron chi connectivity index (χ1n) is 3.94. The molecule has 0 aromatic carbocycles. The number of aromatic nitrogens is 1. The minimum atomic E-state index is 0.964. The lowest BCUT2D eigenvalue weighted by atomic mass is 10.2. The largest absolute Gasteiger partial charge is 0.264 e. The van der Waals surface area contributed by atoms with Gasteiger partial charge in [0.15, 0.2) is 0 Å². The summed E-state index contributed by atoms with van der Waals surface area (Å²) in [6.45, 7) is 3.88. The van der Waals surface area contributed by atoms with E-state index in [1.54, 1.807) is 12.4 Å². The number of aliphatic imine (C=N–C) groups is 1. The van der Waals surface area contributed by atoms with Crippen LogP contribution in [0.3, 0.4) is 0 Å². The van der Waals surface area contributed by atoms with Gasteiger partial charge in [-0.2, -0.15) is 0 Å². The molecule has 12 heavy (non-hydrogen) atoms. The third-order valence-electron chi connectivity index (χ3n) is 1.44. The molecule has 62 valence electrons. The summed E-state index contributed by atoms with van der Waals surface area (Å²) >= 11 is 0. The van der Waals surface area contributed by atoms with Crippen LogP contribution >= 0.6 is 0 Å². The molecule has 2 heteroatoms. The normalized spacial score (nSPS) is 11.5. The van der Waals surface area contributed by atoms with Gasteiger partial charge in [0, 0.05) is 24.2 Å². The highest BCUT2D eigenvalue weighted by atomic mass is 14.7. The molecule has 0 aliphatic heterocycles. The Morgan fingerprint density at radius 1 is 1.42 bits per heavy atom. The molecule has 2 nitrogen and oxygen atoms in total. The Morgan fingerprint density at radius 3 is 2.92 bits per heavy atom. The van der Waals surface area contributed by atoms with Crippen molar-refractivity contribution in [2.45, 2.75) is 13.8 Å². The van der Waals surface area contributed by atoms with Gasteiger partial charge in [-0.25, -0.2) is 0 Å². The highest BCUT2D eigenvalue weighted by Crippen LogP contribution is 2.17. The summed E-state index contributed by atoms with van der Waals surface area (Å²) in [6.07, 6.45) is 9.31. The van der Waals surface area contributed by atoms with E-state index in [0.29, 0.717) is 0 Å². The Morgan fingerprint density at radius 2 is 2.25 bits per heavy atom. The van der Waals surface area contributed by atoms with Crippen molar-refractivity contribution in [1.29, 1.82) is 0 Å². The molecule has 1 aromatic heterocycles. The van der Waals surface area contributed by atoms with Crippen molar-refractivity contribution in [3.05, 3.63) is 30.1 Å². The van der Waals surface area contributed by atoms with Gasteiger partial charge < -0.3 is 0 Å². The van der Waals surface area contributed by atoms with Gasteiger partial charge in [-0.3, -0.25) is 9.98 Å². The van der Waals surface area contributed by atoms with Crippen LogP contribution < -0.4 is 0 Å². The SMILES string of the molecule is C/C=C\c1cnccc1/N=C\C. The quantitative estimate of drug-likeness (QED) is 0.611. The van der Waals surface area contributed by atoms with Crippen LogP contribution in [0.25, 0.3) is 6.08 Å². The molecule has 0 spiro atoms. The van der Waals surface area contributed by atoms with Gasteiger partial charge in [-0.05, 0) is 19.9 Å². The van der Waals surface area contributed by atoms with E-state index >= 15 is 0 Å². The first-order valence-corrected chi connectivity index (χ1v) is 3.94. The molecule has 0 radical (unpaired) electrons. The fraction of sp³-hybridized carbons (Fsp3) is 0.200. The molecular weight excluding hydrogens is 148 g/mol. The molecule has 0 atom stereocenters. The third-order valence-corrected chi connectivity index (χ3v) is 1.44. The maximum Gasteiger partial charge on any atom is 0.0728 e. The zero-order valence-electron chi connectivity index (χ0n) is 7.36. The minimum absolute atomic E-state index is 0.964. The van der Waals surface area contributed by atoms with Crippen molar-refractivity contribution in [1.82, 2.24) is 4.98 Å². The third kappa shape index (κ3) is 2.02. The summed E-state index contributed by atoms with van der Waals surface area (Å²) in [5.41, 5.74) is 2.02. The number of rotatable bonds is 2. The van der Waals surface area contributed by atoms with Crippen molar-refractivity contribution in [2.24, 2.45) is 4.99 Å². The molecule has 1 heterocycles. The summed E-state index contributed by atoms with van der Waals surface area (Å²) < 4.78 is 0. The number of allylic oxidation sites excluding steroid dienone is 1. The zero-order chi connectivity index (χ0) is 8.81. The Labute approximate surface area is 72.7 Å². The van der Waals surface area contributed by atoms with Crippen LogP contribution in [0.4, 0.5) is 5.69 Å². The van der Waals surface area contributed by atoms with Gasteiger partial charge in [0.05, 0.1) is 5.69 Å². The molecule has 0 aliphatic carbocycles. The van der Waals surface area contributed by atoms with Crippen LogP contribution in [0.15, 0.2) is 29.5 Å². The molecule has 0 unspecified atom stereocenters. The predicted molar refractivity (Wildman–Crippen MR) is 52.8 cm³/mol. The van der Waals surface area contributed by atoms with Gasteiger partial charge in [-0.15, -0.1) is 0 Å². The predicted octanol–water partition coefficient (Wildman–Crippen LogP) is 2.84. The number of nitrogens with zero attached hydrogens (tertiary/aromatic N) is 2. The second-order valence-electron chi connectivity index (χ2n) is 2.32. The Bertz CT molecular complexity index is 269. The van der Waals surface area contributed by atoms with Crippen molar-refractivity contribution in [3.63, 3.8) is 0 Å². The van der Waals surface area contributed by atoms with Crippen molar-refractivity contribution >= 4 is 18.0 Å². The number of hydrogen-bond donors (Lipinski definition) is 0. The van der Waals surface area contributed by atoms with E-state index in [9.17, 15) is 0 Å². The van der Waals surface area contributed by atoms with Gasteiger partial charge in [0.1, 0.15) is 0 Å². The van der Waals surface area contributed by atoms with Crippen LogP contribution in [0.1, 0.15) is 19.4 Å². The zero-order valence-corrected chi connectivity index (χ0v) is 7.36. The second-order valence-corrected chi connectivity index (χ2v) is 2.32. The number of pyridine rings is 1. The lowest BCUT2D eigenvalue weighted by Crippen LogP contribution is -1.76. The van der Waals surface area contributed by atoms with Crippen LogP contribution in [-0.2, 0) is 0 Å². The fourth-order valence-electron chi connectivity index (χ4n) is 0.964. The topological polar surface area (TPSA) is 25.2 Å². The molecule has 0 fully saturated rings. The average molecular weight is 160 g/mol. The van der Waals surface area contributed by atoms with E-state index in [2.05, 4.69) is 9.98 Å². The molecule has 0 amide bonds. The second kappa shape index (κ2) is 4.44. The van der Waals surface area contributed by atoms with Gasteiger partial charge in [0.25, 0.3) is 0 Å². The van der Waals surface area contributed by atoms with E-state index in [4.69, 9.17) is 0 Å². The molecule has 0 bridgehead atoms. The molecule has 1 aromatic rings. The smallest absolute Gasteiger partial charge is 0.0728 e. The lowest BCUT2D eigenvalue weighted by Gasteiger charge is -1.96. The molecule has 0 N–H and O–H groups in total. The number of hydrogen-bond acceptors (Lipinski definition) is 2. The average Bonchev–Trinajstić information content (AvgIpc) is 2.09. The van der Waals surface area contributed by atoms with Crippen LogP contribution in [0.2, 0.25) is 0 Å². The maximum absolute atomic E-state index is 4.21. The molecule has 0 aliphatic rings. The molecule has 1 rings (SSSR count). The van der Waals surface area contributed by atoms with Crippen molar-refractivity contribution in [2.75, 3.05) is 0 Å². The standard InChI is InChI=1S/C10H12N2/c1-3-5-9-8-11-7-6-10(9)12-4-2/h3-8H,1-2H3/b5-3-,12-4-. The Kier molecular flexibility index (Phi) is 3.20. The molecular formula is C10H12N2. The Hall–Kier alpha value is -1.44. The van der Waals surface area contributed by atoms with Gasteiger partial charge in [-0.1, -0.05) is 12.2 Å².